The van der Waals surface area contributed by atoms with E-state index in [1.807, 2.05) is 0 Å². The average molecular weight is 277 g/mol. The van der Waals surface area contributed by atoms with Crippen molar-refractivity contribution in [2.24, 2.45) is 5.73 Å². The second-order valence-corrected chi connectivity index (χ2v) is 4.09. The molecule has 0 aromatic heterocycles. The maximum Gasteiger partial charge on any atom is 0.389 e. The molecule has 0 aliphatic heterocycles. The molecule has 19 heavy (non-hydrogen) atoms. The summed E-state index contributed by atoms with van der Waals surface area (Å²) in [7, 11) is 1.56. The quantitative estimate of drug-likeness (QED) is 0.779. The van der Waals surface area contributed by atoms with Crippen molar-refractivity contribution in [3.63, 3.8) is 0 Å². The Morgan fingerprint density at radius 2 is 1.84 bits per heavy atom. The third kappa shape index (κ3) is 5.94. The van der Waals surface area contributed by atoms with E-state index in [1.165, 1.54) is 0 Å². The molecule has 1 unspecified atom stereocenters. The number of nitrogens with two attached hydrogens (primary N) is 1. The Bertz CT molecular complexity index is 365. The van der Waals surface area contributed by atoms with Gasteiger partial charge >= 0.3 is 6.18 Å². The van der Waals surface area contributed by atoms with E-state index in [2.05, 4.69) is 0 Å². The van der Waals surface area contributed by atoms with Crippen LogP contribution in [0.4, 0.5) is 13.2 Å². The van der Waals surface area contributed by atoms with Gasteiger partial charge in [0.25, 0.3) is 0 Å². The van der Waals surface area contributed by atoms with E-state index in [4.69, 9.17) is 15.2 Å². The van der Waals surface area contributed by atoms with Gasteiger partial charge in [-0.15, -0.1) is 0 Å². The molecule has 108 valence electrons. The van der Waals surface area contributed by atoms with E-state index in [0.29, 0.717) is 5.75 Å². The molecule has 0 radical (unpaired) electrons. The molecular formula is C13H18F3NO2. The van der Waals surface area contributed by atoms with Crippen LogP contribution < -0.4 is 10.5 Å². The second-order valence-electron chi connectivity index (χ2n) is 4.09. The Morgan fingerprint density at radius 3 is 2.32 bits per heavy atom. The zero-order valence-electron chi connectivity index (χ0n) is 10.7. The molecular weight excluding hydrogens is 259 g/mol. The van der Waals surface area contributed by atoms with E-state index >= 15 is 0 Å². The van der Waals surface area contributed by atoms with Gasteiger partial charge in [-0.2, -0.15) is 13.2 Å². The van der Waals surface area contributed by atoms with E-state index < -0.39 is 12.6 Å². The highest BCUT2D eigenvalue weighted by atomic mass is 19.4. The first kappa shape index (κ1) is 15.8. The van der Waals surface area contributed by atoms with Crippen LogP contribution in [-0.2, 0) is 4.74 Å². The molecule has 0 spiro atoms. The first-order valence-electron chi connectivity index (χ1n) is 5.98. The minimum atomic E-state index is -4.14. The Hall–Kier alpha value is -1.27. The summed E-state index contributed by atoms with van der Waals surface area (Å²) >= 11 is 0. The third-order valence-electron chi connectivity index (χ3n) is 2.63. The van der Waals surface area contributed by atoms with Crippen LogP contribution in [-0.4, -0.2) is 26.4 Å². The fourth-order valence-electron chi connectivity index (χ4n) is 1.62. The first-order chi connectivity index (χ1) is 8.96. The van der Waals surface area contributed by atoms with Crippen molar-refractivity contribution in [3.05, 3.63) is 29.8 Å². The van der Waals surface area contributed by atoms with Crippen LogP contribution >= 0.6 is 0 Å². The normalized spacial score (nSPS) is 13.3. The molecule has 2 N–H and O–H groups in total. The molecule has 0 aliphatic rings. The van der Waals surface area contributed by atoms with Crippen molar-refractivity contribution >= 4 is 0 Å². The number of hydrogen-bond donors (Lipinski definition) is 1. The summed E-state index contributed by atoms with van der Waals surface area (Å²) in [6.45, 7) is 0.256. The number of alkyl halides is 3. The highest BCUT2D eigenvalue weighted by Gasteiger charge is 2.26. The highest BCUT2D eigenvalue weighted by Crippen LogP contribution is 2.23. The van der Waals surface area contributed by atoms with E-state index in [-0.39, 0.29) is 25.7 Å². The van der Waals surface area contributed by atoms with E-state index in [9.17, 15) is 13.2 Å². The van der Waals surface area contributed by atoms with Gasteiger partial charge in [-0.25, -0.2) is 0 Å². The minimum absolute atomic E-state index is 0.0351. The molecule has 6 heteroatoms. The SMILES string of the molecule is COc1ccc(C(CN)OCCCC(F)(F)F)cc1. The Kier molecular flexibility index (Phi) is 6.11. The van der Waals surface area contributed by atoms with Crippen LogP contribution in [0, 0.1) is 0 Å². The standard InChI is InChI=1S/C13H18F3NO2/c1-18-11-5-3-10(4-6-11)12(9-17)19-8-2-7-13(14,15)16/h3-6,12H,2,7-9,17H2,1H3. The van der Waals surface area contributed by atoms with Gasteiger partial charge < -0.3 is 15.2 Å². The topological polar surface area (TPSA) is 44.5 Å². The summed E-state index contributed by atoms with van der Waals surface area (Å²) in [6, 6.07) is 7.11. The molecule has 0 saturated carbocycles. The maximum atomic E-state index is 12.0. The van der Waals surface area contributed by atoms with Gasteiger partial charge in [0.15, 0.2) is 0 Å². The number of ether oxygens (including phenoxy) is 2. The van der Waals surface area contributed by atoms with Crippen LogP contribution in [0.15, 0.2) is 24.3 Å². The smallest absolute Gasteiger partial charge is 0.389 e. The summed E-state index contributed by atoms with van der Waals surface area (Å²) in [5, 5.41) is 0. The average Bonchev–Trinajstić information content (AvgIpc) is 2.38. The summed E-state index contributed by atoms with van der Waals surface area (Å²) in [5.74, 6) is 0.705. The van der Waals surface area contributed by atoms with Gasteiger partial charge in [0.2, 0.25) is 0 Å². The van der Waals surface area contributed by atoms with Crippen molar-refractivity contribution in [3.8, 4) is 5.75 Å². The summed E-state index contributed by atoms with van der Waals surface area (Å²) in [5.41, 5.74) is 6.39. The number of halogens is 3. The molecule has 0 heterocycles. The monoisotopic (exact) mass is 277 g/mol. The lowest BCUT2D eigenvalue weighted by Gasteiger charge is -2.17. The summed E-state index contributed by atoms with van der Waals surface area (Å²) < 4.78 is 46.3. The zero-order valence-corrected chi connectivity index (χ0v) is 10.7. The molecule has 0 aliphatic carbocycles. The van der Waals surface area contributed by atoms with Crippen molar-refractivity contribution in [2.45, 2.75) is 25.1 Å². The Morgan fingerprint density at radius 1 is 1.21 bits per heavy atom. The predicted octanol–water partition coefficient (Wildman–Crippen LogP) is 3.05. The first-order valence-corrected chi connectivity index (χ1v) is 5.98. The van der Waals surface area contributed by atoms with Crippen LogP contribution in [0.25, 0.3) is 0 Å². The van der Waals surface area contributed by atoms with Crippen LogP contribution in [0.5, 0.6) is 5.75 Å². The molecule has 1 aromatic carbocycles. The molecule has 0 amide bonds. The summed E-state index contributed by atoms with van der Waals surface area (Å²) in [4.78, 5) is 0. The van der Waals surface area contributed by atoms with Gasteiger partial charge in [-0.1, -0.05) is 12.1 Å². The second kappa shape index (κ2) is 7.35. The number of methoxy groups -OCH3 is 1. The van der Waals surface area contributed by atoms with Crippen molar-refractivity contribution in [1.29, 1.82) is 0 Å². The van der Waals surface area contributed by atoms with Gasteiger partial charge in [-0.3, -0.25) is 0 Å². The Labute approximate surface area is 110 Å². The minimum Gasteiger partial charge on any atom is -0.497 e. The predicted molar refractivity (Wildman–Crippen MR) is 66.0 cm³/mol. The fraction of sp³-hybridized carbons (Fsp3) is 0.538. The van der Waals surface area contributed by atoms with Gasteiger partial charge in [0.05, 0.1) is 13.2 Å². The van der Waals surface area contributed by atoms with Crippen LogP contribution in [0.3, 0.4) is 0 Å². The van der Waals surface area contributed by atoms with Crippen molar-refractivity contribution in [1.82, 2.24) is 0 Å². The number of rotatable bonds is 7. The third-order valence-corrected chi connectivity index (χ3v) is 2.63. The van der Waals surface area contributed by atoms with Crippen LogP contribution in [0.2, 0.25) is 0 Å². The summed E-state index contributed by atoms with van der Waals surface area (Å²) in [6.07, 6.45) is -5.43. The van der Waals surface area contributed by atoms with E-state index in [1.54, 1.807) is 31.4 Å². The molecule has 3 nitrogen and oxygen atoms in total. The van der Waals surface area contributed by atoms with Gasteiger partial charge in [-0.05, 0) is 24.1 Å². The fourth-order valence-corrected chi connectivity index (χ4v) is 1.62. The number of benzene rings is 1. The lowest BCUT2D eigenvalue weighted by atomic mass is 10.1. The molecule has 1 rings (SSSR count). The largest absolute Gasteiger partial charge is 0.497 e. The van der Waals surface area contributed by atoms with Crippen LogP contribution in [0.1, 0.15) is 24.5 Å². The maximum absolute atomic E-state index is 12.0. The number of hydrogen-bond acceptors (Lipinski definition) is 3. The molecule has 0 bridgehead atoms. The van der Waals surface area contributed by atoms with Crippen molar-refractivity contribution in [2.75, 3.05) is 20.3 Å². The molecule has 0 fully saturated rings. The lowest BCUT2D eigenvalue weighted by molar-refractivity contribution is -0.138. The highest BCUT2D eigenvalue weighted by molar-refractivity contribution is 5.28. The zero-order chi connectivity index (χ0) is 14.3. The van der Waals surface area contributed by atoms with E-state index in [0.717, 1.165) is 5.56 Å². The lowest BCUT2D eigenvalue weighted by Crippen LogP contribution is -2.17. The van der Waals surface area contributed by atoms with Crippen molar-refractivity contribution < 1.29 is 22.6 Å². The molecule has 1 aromatic rings. The molecule has 0 saturated heterocycles. The van der Waals surface area contributed by atoms with Gasteiger partial charge in [0.1, 0.15) is 5.75 Å². The van der Waals surface area contributed by atoms with Gasteiger partial charge in [0, 0.05) is 19.6 Å². The Balaban J connectivity index is 2.44. The molecule has 1 atom stereocenters.